The third-order valence-corrected chi connectivity index (χ3v) is 5.15. The predicted molar refractivity (Wildman–Crippen MR) is 116 cm³/mol. The van der Waals surface area contributed by atoms with E-state index < -0.39 is 4.92 Å². The Labute approximate surface area is 178 Å². The van der Waals surface area contributed by atoms with Crippen molar-refractivity contribution in [2.75, 3.05) is 0 Å². The largest absolute Gasteiger partial charge is 0.294 e. The number of para-hydroxylation sites is 1. The van der Waals surface area contributed by atoms with Crippen LogP contribution in [0, 0.1) is 10.1 Å². The summed E-state index contributed by atoms with van der Waals surface area (Å²) in [5, 5.41) is 12.0. The zero-order valence-corrected chi connectivity index (χ0v) is 16.6. The van der Waals surface area contributed by atoms with E-state index in [1.807, 2.05) is 59.2 Å². The second-order valence-electron chi connectivity index (χ2n) is 7.17. The minimum atomic E-state index is -0.522. The van der Waals surface area contributed by atoms with E-state index in [1.54, 1.807) is 18.2 Å². The van der Waals surface area contributed by atoms with E-state index in [-0.39, 0.29) is 35.8 Å². The Hall–Kier alpha value is -4.19. The molecule has 0 saturated carbocycles. The van der Waals surface area contributed by atoms with Crippen LogP contribution in [0.4, 0.5) is 5.69 Å². The number of hydrogen-bond acceptors (Lipinski definition) is 4. The Balaban J connectivity index is 1.71. The number of pyridine rings is 1. The molecule has 4 aromatic rings. The van der Waals surface area contributed by atoms with Crippen LogP contribution in [-0.4, -0.2) is 16.5 Å². The lowest BCUT2D eigenvalue weighted by Crippen LogP contribution is -2.43. The zero-order chi connectivity index (χ0) is 21.8. The number of ketones is 2. The third kappa shape index (κ3) is 4.38. The molecule has 1 heterocycles. The summed E-state index contributed by atoms with van der Waals surface area (Å²) in [6, 6.07) is 26.1. The number of carbonyl (C=O) groups excluding carboxylic acids is 2. The molecule has 0 saturated heterocycles. The molecule has 0 unspecified atom stereocenters. The summed E-state index contributed by atoms with van der Waals surface area (Å²) in [6.45, 7) is 0.0862. The number of carbonyl (C=O) groups is 2. The van der Waals surface area contributed by atoms with Gasteiger partial charge in [0, 0.05) is 40.8 Å². The summed E-state index contributed by atoms with van der Waals surface area (Å²) in [5.41, 5.74) is 2.24. The van der Waals surface area contributed by atoms with Crippen molar-refractivity contribution >= 4 is 28.2 Å². The van der Waals surface area contributed by atoms with Crippen molar-refractivity contribution < 1.29 is 19.1 Å². The highest BCUT2D eigenvalue weighted by atomic mass is 16.6. The van der Waals surface area contributed by atoms with Gasteiger partial charge in [-0.05, 0) is 12.1 Å². The van der Waals surface area contributed by atoms with Crippen molar-refractivity contribution in [2.24, 2.45) is 0 Å². The minimum Gasteiger partial charge on any atom is -0.294 e. The van der Waals surface area contributed by atoms with Crippen LogP contribution in [0.5, 0.6) is 0 Å². The van der Waals surface area contributed by atoms with Gasteiger partial charge in [-0.15, -0.1) is 0 Å². The van der Waals surface area contributed by atoms with Crippen LogP contribution in [0.2, 0.25) is 0 Å². The Morgan fingerprint density at radius 3 is 2.26 bits per heavy atom. The van der Waals surface area contributed by atoms with Gasteiger partial charge in [0.05, 0.1) is 11.3 Å². The highest BCUT2D eigenvalue weighted by molar-refractivity contribution is 5.98. The quantitative estimate of drug-likeness (QED) is 0.196. The Kier molecular flexibility index (Phi) is 5.62. The Bertz CT molecular complexity index is 1300. The SMILES string of the molecule is O=C(Cc1ccc2ccccc2[n+]1CC(=O)c1ccccc1)c1cccc([N+](=O)[O-])c1. The van der Waals surface area contributed by atoms with E-state index in [0.717, 1.165) is 10.9 Å². The monoisotopic (exact) mass is 411 g/mol. The van der Waals surface area contributed by atoms with Crippen LogP contribution < -0.4 is 4.57 Å². The molecule has 31 heavy (non-hydrogen) atoms. The number of nitrogens with zero attached hydrogens (tertiary/aromatic N) is 2. The van der Waals surface area contributed by atoms with Crippen molar-refractivity contribution in [3.05, 3.63) is 118 Å². The van der Waals surface area contributed by atoms with Crippen LogP contribution >= 0.6 is 0 Å². The molecule has 0 amide bonds. The van der Waals surface area contributed by atoms with E-state index in [0.29, 0.717) is 11.3 Å². The molecule has 3 aromatic carbocycles. The van der Waals surface area contributed by atoms with Gasteiger partial charge in [-0.2, -0.15) is 4.57 Å². The molecule has 1 aromatic heterocycles. The van der Waals surface area contributed by atoms with Crippen molar-refractivity contribution in [3.8, 4) is 0 Å². The van der Waals surface area contributed by atoms with Crippen molar-refractivity contribution in [1.82, 2.24) is 0 Å². The van der Waals surface area contributed by atoms with Crippen LogP contribution in [0.25, 0.3) is 10.9 Å². The first-order chi connectivity index (χ1) is 15.0. The second-order valence-corrected chi connectivity index (χ2v) is 7.17. The summed E-state index contributed by atoms with van der Waals surface area (Å²) in [5.74, 6) is -0.314. The lowest BCUT2D eigenvalue weighted by Gasteiger charge is -2.07. The molecule has 6 heteroatoms. The van der Waals surface area contributed by atoms with Gasteiger partial charge < -0.3 is 0 Å². The van der Waals surface area contributed by atoms with Gasteiger partial charge in [0.1, 0.15) is 0 Å². The molecule has 0 fully saturated rings. The molecule has 0 bridgehead atoms. The predicted octanol–water partition coefficient (Wildman–Crippen LogP) is 4.34. The molecule has 0 spiro atoms. The first-order valence-electron chi connectivity index (χ1n) is 9.79. The van der Waals surface area contributed by atoms with E-state index in [9.17, 15) is 19.7 Å². The molecular weight excluding hydrogens is 392 g/mol. The maximum atomic E-state index is 12.9. The fraction of sp³-hybridized carbons (Fsp3) is 0.0800. The normalized spacial score (nSPS) is 10.7. The average molecular weight is 411 g/mol. The molecule has 0 aliphatic carbocycles. The standard InChI is InChI=1S/C25H19N2O4/c28-24(20-10-6-11-22(15-20)27(30)31)16-21-14-13-18-7-4-5-12-23(18)26(21)17-25(29)19-8-2-1-3-9-19/h1-15H,16-17H2/q+1. The average Bonchev–Trinajstić information content (AvgIpc) is 2.81. The lowest BCUT2D eigenvalue weighted by molar-refractivity contribution is -0.664. The van der Waals surface area contributed by atoms with Crippen LogP contribution in [0.3, 0.4) is 0 Å². The van der Waals surface area contributed by atoms with Gasteiger partial charge in [-0.1, -0.05) is 54.6 Å². The van der Waals surface area contributed by atoms with Gasteiger partial charge in [-0.3, -0.25) is 19.7 Å². The van der Waals surface area contributed by atoms with Crippen LogP contribution in [-0.2, 0) is 13.0 Å². The molecule has 6 nitrogen and oxygen atoms in total. The van der Waals surface area contributed by atoms with Crippen LogP contribution in [0.15, 0.2) is 91.0 Å². The summed E-state index contributed by atoms with van der Waals surface area (Å²) >= 11 is 0. The third-order valence-electron chi connectivity index (χ3n) is 5.15. The van der Waals surface area contributed by atoms with Gasteiger partial charge in [0.2, 0.25) is 17.8 Å². The molecule has 152 valence electrons. The van der Waals surface area contributed by atoms with Crippen molar-refractivity contribution in [2.45, 2.75) is 13.0 Å². The summed E-state index contributed by atoms with van der Waals surface area (Å²) in [7, 11) is 0. The van der Waals surface area contributed by atoms with E-state index >= 15 is 0 Å². The summed E-state index contributed by atoms with van der Waals surface area (Å²) in [4.78, 5) is 36.3. The molecular formula is C25H19N2O4+. The number of nitro benzene ring substituents is 1. The fourth-order valence-corrected chi connectivity index (χ4v) is 3.56. The summed E-state index contributed by atoms with van der Waals surface area (Å²) in [6.07, 6.45) is 0.0219. The van der Waals surface area contributed by atoms with Crippen molar-refractivity contribution in [3.63, 3.8) is 0 Å². The summed E-state index contributed by atoms with van der Waals surface area (Å²) < 4.78 is 1.85. The lowest BCUT2D eigenvalue weighted by atomic mass is 10.0. The minimum absolute atomic E-state index is 0.0219. The highest BCUT2D eigenvalue weighted by Gasteiger charge is 2.23. The van der Waals surface area contributed by atoms with Gasteiger partial charge >= 0.3 is 0 Å². The smallest absolute Gasteiger partial charge is 0.270 e. The molecule has 0 radical (unpaired) electrons. The van der Waals surface area contributed by atoms with Crippen LogP contribution in [0.1, 0.15) is 26.4 Å². The maximum absolute atomic E-state index is 12.9. The molecule has 0 atom stereocenters. The molecule has 0 aliphatic rings. The number of fused-ring (bicyclic) bond motifs is 1. The van der Waals surface area contributed by atoms with Gasteiger partial charge in [-0.25, -0.2) is 0 Å². The maximum Gasteiger partial charge on any atom is 0.270 e. The first-order valence-corrected chi connectivity index (χ1v) is 9.79. The molecule has 0 aliphatic heterocycles. The number of Topliss-reactive ketones (excluding diaryl/α,β-unsaturated/α-hetero) is 2. The highest BCUT2D eigenvalue weighted by Crippen LogP contribution is 2.17. The number of non-ortho nitro benzene ring substituents is 1. The number of hydrogen-bond donors (Lipinski definition) is 0. The fourth-order valence-electron chi connectivity index (χ4n) is 3.56. The van der Waals surface area contributed by atoms with E-state index in [2.05, 4.69) is 0 Å². The number of aromatic nitrogens is 1. The zero-order valence-electron chi connectivity index (χ0n) is 16.6. The second kappa shape index (κ2) is 8.67. The first kappa shape index (κ1) is 20.1. The molecule has 0 N–H and O–H groups in total. The molecule has 4 rings (SSSR count). The Morgan fingerprint density at radius 2 is 1.48 bits per heavy atom. The number of nitro groups is 1. The van der Waals surface area contributed by atoms with Gasteiger partial charge in [0.25, 0.3) is 5.69 Å². The Morgan fingerprint density at radius 1 is 0.774 bits per heavy atom. The van der Waals surface area contributed by atoms with E-state index in [4.69, 9.17) is 0 Å². The number of rotatable bonds is 7. The topological polar surface area (TPSA) is 81.2 Å². The van der Waals surface area contributed by atoms with E-state index in [1.165, 1.54) is 18.2 Å². The number of benzene rings is 3. The van der Waals surface area contributed by atoms with Gasteiger partial charge in [0.15, 0.2) is 11.5 Å². The van der Waals surface area contributed by atoms with Crippen molar-refractivity contribution in [1.29, 1.82) is 0 Å².